The largest absolute Gasteiger partial charge is 0.323 e. The van der Waals surface area contributed by atoms with Gasteiger partial charge in [-0.2, -0.15) is 0 Å². The third-order valence-electron chi connectivity index (χ3n) is 2.30. The number of carbonyl (C=O) groups is 1. The zero-order valence-electron chi connectivity index (χ0n) is 9.50. The second-order valence-corrected chi connectivity index (χ2v) is 3.84. The maximum absolute atomic E-state index is 11.6. The summed E-state index contributed by atoms with van der Waals surface area (Å²) in [6.07, 6.45) is 0. The molecule has 0 saturated heterocycles. The van der Waals surface area contributed by atoms with Crippen molar-refractivity contribution in [2.75, 3.05) is 12.4 Å². The molecule has 2 N–H and O–H groups in total. The standard InChI is InChI=1S/C11H15ClN2O.ClH/c1-7-5-4-6-9(12)10(7)14-11(15)8(2)13-3;/h4-6,8,13H,1-3H3,(H,14,15);1H. The first-order chi connectivity index (χ1) is 7.06. The van der Waals surface area contributed by atoms with Crippen molar-refractivity contribution in [3.63, 3.8) is 0 Å². The van der Waals surface area contributed by atoms with Gasteiger partial charge in [0, 0.05) is 0 Å². The van der Waals surface area contributed by atoms with Crippen molar-refractivity contribution in [3.8, 4) is 0 Å². The Morgan fingerprint density at radius 1 is 1.44 bits per heavy atom. The lowest BCUT2D eigenvalue weighted by Crippen LogP contribution is -2.35. The number of anilines is 1. The Morgan fingerprint density at radius 2 is 2.06 bits per heavy atom. The number of rotatable bonds is 3. The van der Waals surface area contributed by atoms with E-state index < -0.39 is 0 Å². The van der Waals surface area contributed by atoms with Crippen LogP contribution in [0.2, 0.25) is 5.02 Å². The number of halogens is 2. The van der Waals surface area contributed by atoms with Gasteiger partial charge in [0.1, 0.15) is 0 Å². The molecule has 1 aromatic rings. The molecule has 3 nitrogen and oxygen atoms in total. The molecule has 0 aliphatic rings. The minimum absolute atomic E-state index is 0. The third-order valence-corrected chi connectivity index (χ3v) is 2.61. The van der Waals surface area contributed by atoms with Crippen LogP contribution in [0.25, 0.3) is 0 Å². The topological polar surface area (TPSA) is 41.1 Å². The van der Waals surface area contributed by atoms with Crippen molar-refractivity contribution in [1.29, 1.82) is 0 Å². The van der Waals surface area contributed by atoms with Gasteiger partial charge in [-0.1, -0.05) is 23.7 Å². The van der Waals surface area contributed by atoms with Crippen LogP contribution in [0.3, 0.4) is 0 Å². The van der Waals surface area contributed by atoms with E-state index in [4.69, 9.17) is 11.6 Å². The summed E-state index contributed by atoms with van der Waals surface area (Å²) in [4.78, 5) is 11.6. The minimum atomic E-state index is -0.235. The van der Waals surface area contributed by atoms with Gasteiger partial charge in [0.05, 0.1) is 16.8 Å². The highest BCUT2D eigenvalue weighted by molar-refractivity contribution is 6.34. The average molecular weight is 263 g/mol. The summed E-state index contributed by atoms with van der Waals surface area (Å²) in [7, 11) is 1.74. The molecular weight excluding hydrogens is 247 g/mol. The first-order valence-corrected chi connectivity index (χ1v) is 5.17. The molecule has 0 spiro atoms. The van der Waals surface area contributed by atoms with Crippen LogP contribution in [0, 0.1) is 6.92 Å². The Balaban J connectivity index is 0.00000225. The Morgan fingerprint density at radius 3 is 2.56 bits per heavy atom. The van der Waals surface area contributed by atoms with E-state index in [1.807, 2.05) is 19.1 Å². The number of nitrogens with one attached hydrogen (secondary N) is 2. The maximum Gasteiger partial charge on any atom is 0.241 e. The van der Waals surface area contributed by atoms with Gasteiger partial charge < -0.3 is 10.6 Å². The summed E-state index contributed by atoms with van der Waals surface area (Å²) < 4.78 is 0. The fraction of sp³-hybridized carbons (Fsp3) is 0.364. The van der Waals surface area contributed by atoms with Crippen LogP contribution in [-0.4, -0.2) is 19.0 Å². The second kappa shape index (κ2) is 6.74. The first-order valence-electron chi connectivity index (χ1n) is 4.79. The molecule has 0 aliphatic carbocycles. The Bertz CT molecular complexity index is 349. The molecule has 1 aromatic carbocycles. The summed E-state index contributed by atoms with van der Waals surface area (Å²) in [5.41, 5.74) is 1.64. The zero-order valence-corrected chi connectivity index (χ0v) is 11.1. The van der Waals surface area contributed by atoms with Crippen LogP contribution in [0.15, 0.2) is 18.2 Å². The van der Waals surface area contributed by atoms with Crippen molar-refractivity contribution in [1.82, 2.24) is 5.32 Å². The summed E-state index contributed by atoms with van der Waals surface area (Å²) in [5.74, 6) is -0.0892. The lowest BCUT2D eigenvalue weighted by molar-refractivity contribution is -0.117. The number of para-hydroxylation sites is 1. The molecular formula is C11H16Cl2N2O. The number of benzene rings is 1. The number of aryl methyl sites for hydroxylation is 1. The van der Waals surface area contributed by atoms with Gasteiger partial charge in [0.25, 0.3) is 0 Å². The molecule has 0 bridgehead atoms. The Kier molecular flexibility index (Phi) is 6.41. The maximum atomic E-state index is 11.6. The van der Waals surface area contributed by atoms with Crippen LogP contribution >= 0.6 is 24.0 Å². The highest BCUT2D eigenvalue weighted by Crippen LogP contribution is 2.25. The predicted molar refractivity (Wildman–Crippen MR) is 70.6 cm³/mol. The number of hydrogen-bond acceptors (Lipinski definition) is 2. The van der Waals surface area contributed by atoms with Crippen LogP contribution < -0.4 is 10.6 Å². The van der Waals surface area contributed by atoms with E-state index in [-0.39, 0.29) is 24.4 Å². The molecule has 0 heterocycles. The minimum Gasteiger partial charge on any atom is -0.323 e. The molecule has 0 radical (unpaired) electrons. The van der Waals surface area contributed by atoms with Gasteiger partial charge >= 0.3 is 0 Å². The molecule has 0 aliphatic heterocycles. The fourth-order valence-electron chi connectivity index (χ4n) is 1.15. The number of likely N-dealkylation sites (N-methyl/N-ethyl adjacent to an activating group) is 1. The van der Waals surface area contributed by atoms with Gasteiger partial charge in [-0.25, -0.2) is 0 Å². The molecule has 0 aromatic heterocycles. The van der Waals surface area contributed by atoms with Gasteiger partial charge in [-0.05, 0) is 32.5 Å². The van der Waals surface area contributed by atoms with Gasteiger partial charge in [-0.3, -0.25) is 4.79 Å². The van der Waals surface area contributed by atoms with E-state index in [2.05, 4.69) is 10.6 Å². The van der Waals surface area contributed by atoms with Crippen LogP contribution in [0.4, 0.5) is 5.69 Å². The van der Waals surface area contributed by atoms with Crippen molar-refractivity contribution >= 4 is 35.6 Å². The molecule has 1 unspecified atom stereocenters. The van der Waals surface area contributed by atoms with E-state index in [0.29, 0.717) is 10.7 Å². The monoisotopic (exact) mass is 262 g/mol. The predicted octanol–water partition coefficient (Wildman–Crippen LogP) is 2.62. The fourth-order valence-corrected chi connectivity index (χ4v) is 1.42. The molecule has 0 fully saturated rings. The smallest absolute Gasteiger partial charge is 0.241 e. The number of carbonyl (C=O) groups excluding carboxylic acids is 1. The van der Waals surface area contributed by atoms with Crippen LogP contribution in [0.5, 0.6) is 0 Å². The average Bonchev–Trinajstić information content (AvgIpc) is 2.22. The second-order valence-electron chi connectivity index (χ2n) is 3.43. The molecule has 5 heteroatoms. The normalized spacial score (nSPS) is 11.5. The number of amides is 1. The lowest BCUT2D eigenvalue weighted by Gasteiger charge is -2.13. The van der Waals surface area contributed by atoms with E-state index in [1.165, 1.54) is 0 Å². The quantitative estimate of drug-likeness (QED) is 0.880. The third kappa shape index (κ3) is 3.67. The van der Waals surface area contributed by atoms with Crippen molar-refractivity contribution in [3.05, 3.63) is 28.8 Å². The van der Waals surface area contributed by atoms with E-state index in [9.17, 15) is 4.79 Å². The SMILES string of the molecule is CNC(C)C(=O)Nc1c(C)cccc1Cl.Cl. The molecule has 1 atom stereocenters. The van der Waals surface area contributed by atoms with Crippen LogP contribution in [0.1, 0.15) is 12.5 Å². The van der Waals surface area contributed by atoms with Crippen molar-refractivity contribution in [2.24, 2.45) is 0 Å². The van der Waals surface area contributed by atoms with Crippen LogP contribution in [-0.2, 0) is 4.79 Å². The molecule has 1 rings (SSSR count). The zero-order chi connectivity index (χ0) is 11.4. The lowest BCUT2D eigenvalue weighted by atomic mass is 10.2. The highest BCUT2D eigenvalue weighted by Gasteiger charge is 2.12. The number of hydrogen-bond donors (Lipinski definition) is 2. The summed E-state index contributed by atoms with van der Waals surface area (Å²) >= 11 is 5.99. The van der Waals surface area contributed by atoms with E-state index in [0.717, 1.165) is 5.56 Å². The van der Waals surface area contributed by atoms with E-state index >= 15 is 0 Å². The molecule has 0 saturated carbocycles. The van der Waals surface area contributed by atoms with Crippen molar-refractivity contribution in [2.45, 2.75) is 19.9 Å². The summed E-state index contributed by atoms with van der Waals surface area (Å²) in [6, 6.07) is 5.29. The van der Waals surface area contributed by atoms with E-state index in [1.54, 1.807) is 20.0 Å². The summed E-state index contributed by atoms with van der Waals surface area (Å²) in [5, 5.41) is 6.23. The molecule has 90 valence electrons. The Hall–Kier alpha value is -0.770. The molecule has 1 amide bonds. The van der Waals surface area contributed by atoms with Gasteiger partial charge in [0.15, 0.2) is 0 Å². The first kappa shape index (κ1) is 15.2. The Labute approximate surface area is 107 Å². The molecule has 16 heavy (non-hydrogen) atoms. The summed E-state index contributed by atoms with van der Waals surface area (Å²) in [6.45, 7) is 3.70. The van der Waals surface area contributed by atoms with Gasteiger partial charge in [-0.15, -0.1) is 12.4 Å². The highest BCUT2D eigenvalue weighted by atomic mass is 35.5. The van der Waals surface area contributed by atoms with Gasteiger partial charge in [0.2, 0.25) is 5.91 Å². The van der Waals surface area contributed by atoms with Crippen molar-refractivity contribution < 1.29 is 4.79 Å².